The fraction of sp³-hybridized carbons (Fsp3) is 0.286. The smallest absolute Gasteiger partial charge is 0.411 e. The van der Waals surface area contributed by atoms with Crippen LogP contribution in [0.15, 0.2) is 82.5 Å². The third kappa shape index (κ3) is 7.80. The molecule has 0 radical (unpaired) electrons. The Hall–Kier alpha value is -4.20. The maximum atomic E-state index is 15.5. The number of ketones is 1. The van der Waals surface area contributed by atoms with Crippen LogP contribution in [0, 0.1) is 0 Å². The predicted octanol–water partition coefficient (Wildman–Crippen LogP) is 3.08. The number of aromatic amines is 1. The second kappa shape index (κ2) is 13.4. The second-order valence-electron chi connectivity index (χ2n) is 9.58. The topological polar surface area (TPSA) is 175 Å². The van der Waals surface area contributed by atoms with Gasteiger partial charge in [0.1, 0.15) is 18.0 Å². The standard InChI is InChI=1S/C28H29FN3O10P/c1-3-24(35)41-31-43(38,42-20-11-7-10-19(16-20)21(33)13-12-18-8-5-4-6-9-18)39-17-22-25(36)28(2,29)26(40-22)32-15-14-23(34)30-27(32)37/h4-16,22,25-26,36H,3,17H2,1-2H3,(H,31,38)(H,30,34,37)/t22-,25-,26-,28-,43?/m1/s1. The Labute approximate surface area is 244 Å². The lowest BCUT2D eigenvalue weighted by Crippen LogP contribution is -2.43. The van der Waals surface area contributed by atoms with E-state index in [4.69, 9.17) is 18.6 Å². The van der Waals surface area contributed by atoms with E-state index in [-0.39, 0.29) is 23.5 Å². The molecule has 1 fully saturated rings. The summed E-state index contributed by atoms with van der Waals surface area (Å²) in [5, 5.41) is 12.6. The second-order valence-corrected chi connectivity index (χ2v) is 11.2. The molecule has 0 spiro atoms. The molecular weight excluding hydrogens is 588 g/mol. The van der Waals surface area contributed by atoms with Gasteiger partial charge < -0.3 is 19.2 Å². The number of benzene rings is 2. The van der Waals surface area contributed by atoms with Crippen LogP contribution in [0.2, 0.25) is 0 Å². The van der Waals surface area contributed by atoms with E-state index >= 15 is 4.39 Å². The lowest BCUT2D eigenvalue weighted by molar-refractivity contribution is -0.147. The van der Waals surface area contributed by atoms with Crippen LogP contribution in [-0.4, -0.2) is 50.9 Å². The third-order valence-electron chi connectivity index (χ3n) is 6.36. The quantitative estimate of drug-likeness (QED) is 0.118. The first-order valence-electron chi connectivity index (χ1n) is 13.0. The van der Waals surface area contributed by atoms with Crippen LogP contribution in [0.1, 0.15) is 42.4 Å². The molecule has 1 unspecified atom stereocenters. The van der Waals surface area contributed by atoms with E-state index in [2.05, 4.69) is 0 Å². The minimum Gasteiger partial charge on any atom is -0.411 e. The first kappa shape index (κ1) is 31.7. The number of aliphatic hydroxyl groups excluding tert-OH is 1. The zero-order chi connectivity index (χ0) is 31.2. The highest BCUT2D eigenvalue weighted by Gasteiger charge is 2.55. The first-order valence-corrected chi connectivity index (χ1v) is 14.6. The molecule has 3 N–H and O–H groups in total. The molecule has 2 heterocycles. The number of hydrogen-bond donors (Lipinski definition) is 3. The van der Waals surface area contributed by atoms with Gasteiger partial charge in [-0.1, -0.05) is 55.5 Å². The molecule has 13 nitrogen and oxygen atoms in total. The Morgan fingerprint density at radius 2 is 1.93 bits per heavy atom. The number of alkyl halides is 1. The lowest BCUT2D eigenvalue weighted by Gasteiger charge is -2.24. The maximum absolute atomic E-state index is 15.5. The Bertz CT molecular complexity index is 1660. The van der Waals surface area contributed by atoms with Crippen molar-refractivity contribution < 1.29 is 42.3 Å². The summed E-state index contributed by atoms with van der Waals surface area (Å²) in [5.41, 5.74) is -3.27. The van der Waals surface area contributed by atoms with Gasteiger partial charge >= 0.3 is 19.4 Å². The summed E-state index contributed by atoms with van der Waals surface area (Å²) < 4.78 is 46.3. The van der Waals surface area contributed by atoms with Gasteiger partial charge in [0, 0.05) is 24.2 Å². The lowest BCUT2D eigenvalue weighted by atomic mass is 9.98. The number of nitrogens with one attached hydrogen (secondary N) is 2. The van der Waals surface area contributed by atoms with Gasteiger partial charge in [-0.15, -0.1) is 0 Å². The highest BCUT2D eigenvalue weighted by Crippen LogP contribution is 2.47. The number of aromatic nitrogens is 2. The molecule has 1 aliphatic rings. The van der Waals surface area contributed by atoms with Gasteiger partial charge in [0.2, 0.25) is 0 Å². The minimum absolute atomic E-state index is 0.0923. The summed E-state index contributed by atoms with van der Waals surface area (Å²) in [6, 6.07) is 15.7. The average Bonchev–Trinajstić information content (AvgIpc) is 3.21. The monoisotopic (exact) mass is 617 g/mol. The molecular formula is C28H29FN3O10P. The van der Waals surface area contributed by atoms with Crippen molar-refractivity contribution >= 4 is 25.6 Å². The van der Waals surface area contributed by atoms with E-state index < -0.39 is 55.7 Å². The van der Waals surface area contributed by atoms with Gasteiger partial charge in [0.05, 0.1) is 6.61 Å². The molecule has 1 aliphatic heterocycles. The average molecular weight is 618 g/mol. The van der Waals surface area contributed by atoms with Crippen molar-refractivity contribution in [2.24, 2.45) is 0 Å². The Balaban J connectivity index is 1.51. The van der Waals surface area contributed by atoms with E-state index in [0.29, 0.717) is 0 Å². The van der Waals surface area contributed by atoms with Crippen molar-refractivity contribution in [1.82, 2.24) is 14.8 Å². The molecule has 4 rings (SSSR count). The third-order valence-corrected chi connectivity index (χ3v) is 7.62. The highest BCUT2D eigenvalue weighted by molar-refractivity contribution is 7.51. The number of carbonyl (C=O) groups is 2. The Kier molecular flexibility index (Phi) is 9.89. The number of ether oxygens (including phenoxy) is 1. The number of carbonyl (C=O) groups excluding carboxylic acids is 2. The van der Waals surface area contributed by atoms with Gasteiger partial charge in [-0.3, -0.25) is 28.5 Å². The number of H-pyrrole nitrogens is 1. The number of aliphatic hydroxyl groups is 1. The van der Waals surface area contributed by atoms with Gasteiger partial charge in [-0.05, 0) is 35.9 Å². The van der Waals surface area contributed by atoms with Crippen LogP contribution in [0.3, 0.4) is 0 Å². The molecule has 0 saturated carbocycles. The van der Waals surface area contributed by atoms with Crippen LogP contribution in [-0.2, 0) is 23.5 Å². The molecule has 43 heavy (non-hydrogen) atoms. The van der Waals surface area contributed by atoms with Crippen molar-refractivity contribution in [3.63, 3.8) is 0 Å². The zero-order valence-electron chi connectivity index (χ0n) is 23.0. The number of allylic oxidation sites excluding steroid dienone is 1. The van der Waals surface area contributed by atoms with E-state index in [9.17, 15) is 28.8 Å². The number of nitrogens with zero attached hydrogens (tertiary/aromatic N) is 1. The molecule has 5 atom stereocenters. The Morgan fingerprint density at radius 1 is 1.19 bits per heavy atom. The number of halogens is 1. The SMILES string of the molecule is CCC(=O)ONP(=O)(OC[C@H]1O[C@@H](n2ccc(=O)[nH]c2=O)[C@](C)(F)[C@@H]1O)Oc1cccc(C(=O)C=Cc2ccccc2)c1. The maximum Gasteiger partial charge on any atom is 0.491 e. The molecule has 228 valence electrons. The van der Waals surface area contributed by atoms with Crippen LogP contribution in [0.25, 0.3) is 6.08 Å². The molecule has 1 saturated heterocycles. The van der Waals surface area contributed by atoms with Crippen LogP contribution < -0.4 is 21.0 Å². The number of hydrogen-bond acceptors (Lipinski definition) is 10. The molecule has 15 heteroatoms. The fourth-order valence-corrected chi connectivity index (χ4v) is 5.15. The van der Waals surface area contributed by atoms with E-state index in [1.807, 2.05) is 40.6 Å². The number of rotatable bonds is 12. The molecule has 1 aromatic heterocycles. The van der Waals surface area contributed by atoms with Crippen molar-refractivity contribution in [1.29, 1.82) is 0 Å². The van der Waals surface area contributed by atoms with E-state index in [1.165, 1.54) is 37.3 Å². The Morgan fingerprint density at radius 3 is 2.63 bits per heavy atom. The van der Waals surface area contributed by atoms with Crippen LogP contribution in [0.4, 0.5) is 4.39 Å². The van der Waals surface area contributed by atoms with Crippen molar-refractivity contribution in [2.75, 3.05) is 6.61 Å². The summed E-state index contributed by atoms with van der Waals surface area (Å²) in [6.45, 7) is 1.70. The van der Waals surface area contributed by atoms with Crippen LogP contribution in [0.5, 0.6) is 5.75 Å². The zero-order valence-corrected chi connectivity index (χ0v) is 23.9. The molecule has 0 aliphatic carbocycles. The van der Waals surface area contributed by atoms with Gasteiger partial charge in [-0.25, -0.2) is 13.8 Å². The van der Waals surface area contributed by atoms with Crippen LogP contribution >= 0.6 is 7.75 Å². The van der Waals surface area contributed by atoms with Gasteiger partial charge in [0.25, 0.3) is 5.56 Å². The van der Waals surface area contributed by atoms with E-state index in [0.717, 1.165) is 29.3 Å². The van der Waals surface area contributed by atoms with E-state index in [1.54, 1.807) is 6.08 Å². The first-order chi connectivity index (χ1) is 20.4. The van der Waals surface area contributed by atoms with Gasteiger partial charge in [-0.2, -0.15) is 0 Å². The molecule has 3 aromatic rings. The largest absolute Gasteiger partial charge is 0.491 e. The van der Waals surface area contributed by atoms with Crippen molar-refractivity contribution in [3.8, 4) is 5.75 Å². The summed E-state index contributed by atoms with van der Waals surface area (Å²) in [4.78, 5) is 54.8. The summed E-state index contributed by atoms with van der Waals surface area (Å²) in [6.07, 6.45) is -1.18. The highest BCUT2D eigenvalue weighted by atomic mass is 31.2. The minimum atomic E-state index is -4.60. The fourth-order valence-electron chi connectivity index (χ4n) is 4.06. The molecule has 0 bridgehead atoms. The van der Waals surface area contributed by atoms with Crippen molar-refractivity contribution in [3.05, 3.63) is 105 Å². The molecule has 2 aromatic carbocycles. The normalized spacial score (nSPS) is 23.1. The summed E-state index contributed by atoms with van der Waals surface area (Å²) in [5.74, 6) is -1.31. The summed E-state index contributed by atoms with van der Waals surface area (Å²) >= 11 is 0. The van der Waals surface area contributed by atoms with Crippen molar-refractivity contribution in [2.45, 2.75) is 44.4 Å². The predicted molar refractivity (Wildman–Crippen MR) is 151 cm³/mol. The molecule has 0 amide bonds. The van der Waals surface area contributed by atoms with Gasteiger partial charge in [0.15, 0.2) is 17.7 Å². The summed E-state index contributed by atoms with van der Waals surface area (Å²) in [7, 11) is -4.60.